The highest BCUT2D eigenvalue weighted by atomic mass is 16.2. The normalized spacial score (nSPS) is 11.0. The van der Waals surface area contributed by atoms with Gasteiger partial charge in [-0.05, 0) is 24.4 Å². The quantitative estimate of drug-likeness (QED) is 0.819. The molecule has 0 spiro atoms. The average Bonchev–Trinajstić information content (AvgIpc) is 2.70. The molecule has 1 heterocycles. The first-order valence-electron chi connectivity index (χ1n) is 5.23. The van der Waals surface area contributed by atoms with E-state index in [-0.39, 0.29) is 5.91 Å². The molecule has 16 heavy (non-hydrogen) atoms. The predicted octanol–water partition coefficient (Wildman–Crippen LogP) is 2.20. The average molecular weight is 215 g/mol. The third-order valence-electron chi connectivity index (χ3n) is 2.66. The van der Waals surface area contributed by atoms with Crippen molar-refractivity contribution in [3.05, 3.63) is 41.9 Å². The third kappa shape index (κ3) is 1.81. The van der Waals surface area contributed by atoms with E-state index in [0.717, 1.165) is 22.5 Å². The fraction of sp³-hybridized carbons (Fsp3) is 0.231. The smallest absolute Gasteiger partial charge is 0.235 e. The Hall–Kier alpha value is -1.77. The SMILES string of the molecule is C[C](C(=O)N(C)C)c1cc2ccccc2[nH]1. The summed E-state index contributed by atoms with van der Waals surface area (Å²) in [5, 5.41) is 1.13. The number of H-pyrrole nitrogens is 1. The zero-order chi connectivity index (χ0) is 11.7. The van der Waals surface area contributed by atoms with Gasteiger partial charge in [-0.1, -0.05) is 18.2 Å². The van der Waals surface area contributed by atoms with Crippen LogP contribution in [0.1, 0.15) is 12.6 Å². The van der Waals surface area contributed by atoms with Crippen LogP contribution in [0.5, 0.6) is 0 Å². The number of amides is 1. The summed E-state index contributed by atoms with van der Waals surface area (Å²) in [7, 11) is 3.52. The topological polar surface area (TPSA) is 36.1 Å². The van der Waals surface area contributed by atoms with Crippen LogP contribution >= 0.6 is 0 Å². The fourth-order valence-electron chi connectivity index (χ4n) is 1.73. The molecule has 0 bridgehead atoms. The summed E-state index contributed by atoms with van der Waals surface area (Å²) in [4.78, 5) is 16.6. The van der Waals surface area contributed by atoms with Gasteiger partial charge in [0.05, 0.1) is 0 Å². The second-order valence-electron chi connectivity index (χ2n) is 4.09. The Morgan fingerprint density at radius 3 is 2.56 bits per heavy atom. The van der Waals surface area contributed by atoms with E-state index in [1.165, 1.54) is 0 Å². The maximum Gasteiger partial charge on any atom is 0.235 e. The molecule has 1 aromatic heterocycles. The van der Waals surface area contributed by atoms with Crippen LogP contribution < -0.4 is 0 Å². The summed E-state index contributed by atoms with van der Waals surface area (Å²) in [5.74, 6) is 0.771. The summed E-state index contributed by atoms with van der Waals surface area (Å²) < 4.78 is 0. The Kier molecular flexibility index (Phi) is 2.69. The lowest BCUT2D eigenvalue weighted by Gasteiger charge is -2.14. The molecule has 3 nitrogen and oxygen atoms in total. The second kappa shape index (κ2) is 4.00. The van der Waals surface area contributed by atoms with E-state index >= 15 is 0 Å². The standard InChI is InChI=1S/C13H15N2O/c1-9(13(16)15(2)3)12-8-10-6-4-5-7-11(10)14-12/h4-8,14H,1-3H3. The first-order chi connectivity index (χ1) is 7.59. The number of fused-ring (bicyclic) bond motifs is 1. The van der Waals surface area contributed by atoms with E-state index < -0.39 is 0 Å². The molecule has 0 aliphatic rings. The maximum absolute atomic E-state index is 11.8. The number of aromatic nitrogens is 1. The van der Waals surface area contributed by atoms with E-state index in [2.05, 4.69) is 4.98 Å². The van der Waals surface area contributed by atoms with Crippen molar-refractivity contribution in [1.82, 2.24) is 9.88 Å². The van der Waals surface area contributed by atoms with Crippen molar-refractivity contribution in [2.75, 3.05) is 14.1 Å². The van der Waals surface area contributed by atoms with Gasteiger partial charge in [0.1, 0.15) is 5.92 Å². The van der Waals surface area contributed by atoms with Crippen LogP contribution in [0.15, 0.2) is 30.3 Å². The first-order valence-corrected chi connectivity index (χ1v) is 5.23. The van der Waals surface area contributed by atoms with Crippen molar-refractivity contribution in [1.29, 1.82) is 0 Å². The molecule has 2 aromatic rings. The zero-order valence-electron chi connectivity index (χ0n) is 9.74. The van der Waals surface area contributed by atoms with Gasteiger partial charge in [-0.2, -0.15) is 0 Å². The summed E-state index contributed by atoms with van der Waals surface area (Å²) >= 11 is 0. The highest BCUT2D eigenvalue weighted by Crippen LogP contribution is 2.21. The Bertz CT molecular complexity index is 480. The molecule has 1 aromatic carbocycles. The van der Waals surface area contributed by atoms with Crippen LogP contribution in [0, 0.1) is 5.92 Å². The minimum absolute atomic E-state index is 0.0338. The van der Waals surface area contributed by atoms with Gasteiger partial charge in [0.15, 0.2) is 0 Å². The van der Waals surface area contributed by atoms with Crippen LogP contribution in [-0.4, -0.2) is 29.9 Å². The number of para-hydroxylation sites is 1. The Balaban J connectivity index is 2.37. The minimum Gasteiger partial charge on any atom is -0.357 e. The maximum atomic E-state index is 11.8. The molecule has 0 aliphatic carbocycles. The number of rotatable bonds is 2. The lowest BCUT2D eigenvalue weighted by atomic mass is 10.1. The van der Waals surface area contributed by atoms with Gasteiger partial charge in [0, 0.05) is 25.3 Å². The number of carbonyl (C=O) groups excluding carboxylic acids is 1. The molecule has 0 atom stereocenters. The third-order valence-corrected chi connectivity index (χ3v) is 2.66. The second-order valence-corrected chi connectivity index (χ2v) is 4.09. The fourth-order valence-corrected chi connectivity index (χ4v) is 1.73. The van der Waals surface area contributed by atoms with Crippen molar-refractivity contribution in [3.8, 4) is 0 Å². The van der Waals surface area contributed by atoms with Gasteiger partial charge in [0.2, 0.25) is 5.91 Å². The van der Waals surface area contributed by atoms with Crippen LogP contribution in [0.3, 0.4) is 0 Å². The lowest BCUT2D eigenvalue weighted by Crippen LogP contribution is -2.27. The molecule has 2 rings (SSSR count). The van der Waals surface area contributed by atoms with E-state index in [4.69, 9.17) is 0 Å². The summed E-state index contributed by atoms with van der Waals surface area (Å²) in [6, 6.07) is 10.0. The number of likely N-dealkylation sites (N-methyl/N-ethyl adjacent to an activating group) is 1. The Labute approximate surface area is 95.1 Å². The summed E-state index contributed by atoms with van der Waals surface area (Å²) in [6.07, 6.45) is 0. The number of hydrogen-bond donors (Lipinski definition) is 1. The minimum atomic E-state index is 0.0338. The first kappa shape index (κ1) is 10.7. The molecule has 0 unspecified atom stereocenters. The van der Waals surface area contributed by atoms with E-state index in [0.29, 0.717) is 0 Å². The molecule has 1 N–H and O–H groups in total. The molecule has 0 saturated carbocycles. The Morgan fingerprint density at radius 2 is 1.94 bits per heavy atom. The monoisotopic (exact) mass is 215 g/mol. The van der Waals surface area contributed by atoms with Crippen molar-refractivity contribution in [2.45, 2.75) is 6.92 Å². The van der Waals surface area contributed by atoms with Crippen molar-refractivity contribution >= 4 is 16.8 Å². The highest BCUT2D eigenvalue weighted by molar-refractivity contribution is 5.94. The number of benzene rings is 1. The molecule has 83 valence electrons. The van der Waals surface area contributed by atoms with Crippen LogP contribution in [0.4, 0.5) is 0 Å². The zero-order valence-corrected chi connectivity index (χ0v) is 9.74. The van der Waals surface area contributed by atoms with Crippen molar-refractivity contribution in [2.24, 2.45) is 0 Å². The molecule has 0 aliphatic heterocycles. The van der Waals surface area contributed by atoms with E-state index in [9.17, 15) is 4.79 Å². The number of aromatic amines is 1. The highest BCUT2D eigenvalue weighted by Gasteiger charge is 2.19. The number of carbonyl (C=O) groups is 1. The van der Waals surface area contributed by atoms with Crippen molar-refractivity contribution in [3.63, 3.8) is 0 Å². The predicted molar refractivity (Wildman–Crippen MR) is 65.0 cm³/mol. The van der Waals surface area contributed by atoms with Gasteiger partial charge in [0.25, 0.3) is 0 Å². The largest absolute Gasteiger partial charge is 0.357 e. The van der Waals surface area contributed by atoms with Gasteiger partial charge in [-0.3, -0.25) is 4.79 Å². The van der Waals surface area contributed by atoms with E-state index in [1.807, 2.05) is 37.3 Å². The van der Waals surface area contributed by atoms with Crippen LogP contribution in [0.2, 0.25) is 0 Å². The number of nitrogens with one attached hydrogen (secondary N) is 1. The molecule has 0 fully saturated rings. The Morgan fingerprint density at radius 1 is 1.25 bits per heavy atom. The van der Waals surface area contributed by atoms with Gasteiger partial charge >= 0.3 is 0 Å². The van der Waals surface area contributed by atoms with Gasteiger partial charge < -0.3 is 9.88 Å². The number of hydrogen-bond acceptors (Lipinski definition) is 1. The number of nitrogens with zero attached hydrogens (tertiary/aromatic N) is 1. The molecule has 1 amide bonds. The molecule has 0 saturated heterocycles. The molecular weight excluding hydrogens is 200 g/mol. The van der Waals surface area contributed by atoms with Gasteiger partial charge in [-0.15, -0.1) is 0 Å². The molecule has 3 heteroatoms. The molecule has 1 radical (unpaired) electrons. The van der Waals surface area contributed by atoms with E-state index in [1.54, 1.807) is 19.0 Å². The lowest BCUT2D eigenvalue weighted by molar-refractivity contribution is -0.126. The summed E-state index contributed by atoms with van der Waals surface area (Å²) in [6.45, 7) is 1.84. The molecular formula is C13H15N2O. The van der Waals surface area contributed by atoms with Crippen LogP contribution in [-0.2, 0) is 4.79 Å². The van der Waals surface area contributed by atoms with Gasteiger partial charge in [-0.25, -0.2) is 0 Å². The van der Waals surface area contributed by atoms with Crippen LogP contribution in [0.25, 0.3) is 10.9 Å². The van der Waals surface area contributed by atoms with Crippen molar-refractivity contribution < 1.29 is 4.79 Å². The summed E-state index contributed by atoms with van der Waals surface area (Å²) in [5.41, 5.74) is 1.95.